The summed E-state index contributed by atoms with van der Waals surface area (Å²) in [7, 11) is 0. The zero-order valence-electron chi connectivity index (χ0n) is 9.40. The van der Waals surface area contributed by atoms with Gasteiger partial charge in [0, 0.05) is 6.04 Å². The molecule has 0 aliphatic heterocycles. The van der Waals surface area contributed by atoms with Crippen molar-refractivity contribution in [3.8, 4) is 0 Å². The summed E-state index contributed by atoms with van der Waals surface area (Å²) < 4.78 is 0. The van der Waals surface area contributed by atoms with Crippen LogP contribution in [0.4, 0.5) is 11.6 Å². The fourth-order valence-corrected chi connectivity index (χ4v) is 1.46. The van der Waals surface area contributed by atoms with Gasteiger partial charge in [-0.15, -0.1) is 0 Å². The Morgan fingerprint density at radius 2 is 2.29 bits per heavy atom. The smallest absolute Gasteiger partial charge is 0.242 e. The van der Waals surface area contributed by atoms with E-state index in [1.54, 1.807) is 6.92 Å². The second kappa shape index (κ2) is 4.75. The van der Waals surface area contributed by atoms with Crippen LogP contribution < -0.4 is 16.4 Å². The zero-order chi connectivity index (χ0) is 12.4. The first-order valence-corrected chi connectivity index (χ1v) is 5.78. The van der Waals surface area contributed by atoms with E-state index < -0.39 is 6.04 Å². The molecular formula is C10H14ClN5O. The van der Waals surface area contributed by atoms with E-state index in [9.17, 15) is 4.79 Å². The summed E-state index contributed by atoms with van der Waals surface area (Å²) in [5.74, 6) is 0.498. The van der Waals surface area contributed by atoms with Crippen LogP contribution in [0.5, 0.6) is 0 Å². The van der Waals surface area contributed by atoms with Crippen molar-refractivity contribution >= 4 is 29.1 Å². The van der Waals surface area contributed by atoms with Crippen LogP contribution >= 0.6 is 11.6 Å². The molecule has 4 N–H and O–H groups in total. The molecular weight excluding hydrogens is 242 g/mol. The monoisotopic (exact) mass is 255 g/mol. The summed E-state index contributed by atoms with van der Waals surface area (Å²) >= 11 is 5.92. The molecule has 17 heavy (non-hydrogen) atoms. The average Bonchev–Trinajstić information content (AvgIpc) is 3.08. The summed E-state index contributed by atoms with van der Waals surface area (Å²) in [6.45, 7) is 1.74. The van der Waals surface area contributed by atoms with Gasteiger partial charge in [-0.1, -0.05) is 11.6 Å². The second-order valence-corrected chi connectivity index (χ2v) is 4.45. The molecule has 1 unspecified atom stereocenters. The van der Waals surface area contributed by atoms with E-state index in [4.69, 9.17) is 17.3 Å². The Bertz CT molecular complexity index is 435. The van der Waals surface area contributed by atoms with Crippen LogP contribution in [-0.2, 0) is 4.79 Å². The molecule has 1 atom stereocenters. The van der Waals surface area contributed by atoms with Crippen molar-refractivity contribution in [3.05, 3.63) is 11.3 Å². The molecule has 1 heterocycles. The molecule has 1 fully saturated rings. The van der Waals surface area contributed by atoms with E-state index in [1.807, 2.05) is 0 Å². The van der Waals surface area contributed by atoms with E-state index in [-0.39, 0.29) is 16.7 Å². The lowest BCUT2D eigenvalue weighted by molar-refractivity contribution is -0.121. The van der Waals surface area contributed by atoms with Crippen LogP contribution in [0.15, 0.2) is 6.33 Å². The Morgan fingerprint density at radius 1 is 1.59 bits per heavy atom. The fraction of sp³-hybridized carbons (Fsp3) is 0.500. The molecule has 1 saturated carbocycles. The van der Waals surface area contributed by atoms with Crippen molar-refractivity contribution in [3.63, 3.8) is 0 Å². The normalized spacial score (nSPS) is 16.4. The number of aromatic nitrogens is 2. The topological polar surface area (TPSA) is 92.9 Å². The molecule has 1 aromatic rings. The number of nitrogens with zero attached hydrogens (tertiary/aromatic N) is 2. The minimum atomic E-state index is -0.414. The Labute approximate surface area is 104 Å². The van der Waals surface area contributed by atoms with Crippen LogP contribution in [0.3, 0.4) is 0 Å². The number of hydrogen-bond acceptors (Lipinski definition) is 5. The highest BCUT2D eigenvalue weighted by molar-refractivity contribution is 6.35. The number of hydrogen-bond donors (Lipinski definition) is 3. The molecule has 2 rings (SSSR count). The number of nitrogen functional groups attached to an aromatic ring is 1. The lowest BCUT2D eigenvalue weighted by atomic mass is 10.3. The molecule has 6 nitrogen and oxygen atoms in total. The molecule has 0 radical (unpaired) electrons. The molecule has 1 aliphatic carbocycles. The maximum Gasteiger partial charge on any atom is 0.242 e. The average molecular weight is 256 g/mol. The van der Waals surface area contributed by atoms with E-state index in [0.29, 0.717) is 11.9 Å². The Balaban J connectivity index is 1.99. The van der Waals surface area contributed by atoms with Gasteiger partial charge >= 0.3 is 0 Å². The van der Waals surface area contributed by atoms with E-state index in [1.165, 1.54) is 6.33 Å². The highest BCUT2D eigenvalue weighted by atomic mass is 35.5. The number of anilines is 2. The van der Waals surface area contributed by atoms with Crippen LogP contribution in [0.2, 0.25) is 5.02 Å². The summed E-state index contributed by atoms with van der Waals surface area (Å²) in [5, 5.41) is 6.03. The number of amides is 1. The summed E-state index contributed by atoms with van der Waals surface area (Å²) in [6.07, 6.45) is 3.41. The van der Waals surface area contributed by atoms with Crippen molar-refractivity contribution in [2.45, 2.75) is 31.8 Å². The first-order valence-electron chi connectivity index (χ1n) is 5.41. The molecule has 1 aromatic heterocycles. The Hall–Kier alpha value is -1.56. The summed E-state index contributed by atoms with van der Waals surface area (Å²) in [6, 6.07) is -0.0832. The molecule has 0 spiro atoms. The SMILES string of the molecule is CC(Nc1ncnc(N)c1Cl)C(=O)NC1CC1. The van der Waals surface area contributed by atoms with Crippen LogP contribution in [0.25, 0.3) is 0 Å². The van der Waals surface area contributed by atoms with Gasteiger partial charge in [0.05, 0.1) is 0 Å². The number of rotatable bonds is 4. The maximum atomic E-state index is 11.7. The van der Waals surface area contributed by atoms with Gasteiger partial charge in [0.2, 0.25) is 5.91 Å². The molecule has 7 heteroatoms. The molecule has 0 saturated heterocycles. The summed E-state index contributed by atoms with van der Waals surface area (Å²) in [4.78, 5) is 19.4. The van der Waals surface area contributed by atoms with Gasteiger partial charge in [-0.2, -0.15) is 0 Å². The predicted molar refractivity (Wildman–Crippen MR) is 65.7 cm³/mol. The number of nitrogens with two attached hydrogens (primary N) is 1. The third-order valence-electron chi connectivity index (χ3n) is 2.49. The van der Waals surface area contributed by atoms with Crippen LogP contribution in [0.1, 0.15) is 19.8 Å². The highest BCUT2D eigenvalue weighted by Crippen LogP contribution is 2.24. The van der Waals surface area contributed by atoms with Gasteiger partial charge in [-0.05, 0) is 19.8 Å². The first kappa shape index (κ1) is 11.9. The van der Waals surface area contributed by atoms with Crippen molar-refractivity contribution in [2.24, 2.45) is 0 Å². The van der Waals surface area contributed by atoms with E-state index in [2.05, 4.69) is 20.6 Å². The van der Waals surface area contributed by atoms with Crippen LogP contribution in [-0.4, -0.2) is 28.0 Å². The standard InChI is InChI=1S/C10H14ClN5O/c1-5(10(17)16-6-2-3-6)15-9-7(11)8(12)13-4-14-9/h4-6H,2-3H2,1H3,(H,16,17)(H3,12,13,14,15). The molecule has 1 amide bonds. The molecule has 1 aliphatic rings. The van der Waals surface area contributed by atoms with Gasteiger partial charge in [0.1, 0.15) is 23.2 Å². The lowest BCUT2D eigenvalue weighted by Gasteiger charge is -2.15. The van der Waals surface area contributed by atoms with Crippen molar-refractivity contribution < 1.29 is 4.79 Å². The first-order chi connectivity index (χ1) is 8.08. The quantitative estimate of drug-likeness (QED) is 0.740. The predicted octanol–water partition coefficient (Wildman–Crippen LogP) is 0.791. The van der Waals surface area contributed by atoms with Crippen molar-refractivity contribution in [2.75, 3.05) is 11.1 Å². The minimum Gasteiger partial charge on any atom is -0.382 e. The van der Waals surface area contributed by atoms with Crippen LogP contribution in [0, 0.1) is 0 Å². The zero-order valence-corrected chi connectivity index (χ0v) is 10.2. The van der Waals surface area contributed by atoms with Gasteiger partial charge < -0.3 is 16.4 Å². The molecule has 0 bridgehead atoms. The number of nitrogens with one attached hydrogen (secondary N) is 2. The summed E-state index contributed by atoms with van der Waals surface area (Å²) in [5.41, 5.74) is 5.54. The maximum absolute atomic E-state index is 11.7. The number of carbonyl (C=O) groups is 1. The fourth-order valence-electron chi connectivity index (χ4n) is 1.31. The minimum absolute atomic E-state index is 0.0687. The second-order valence-electron chi connectivity index (χ2n) is 4.07. The van der Waals surface area contributed by atoms with Gasteiger partial charge in [0.15, 0.2) is 5.82 Å². The lowest BCUT2D eigenvalue weighted by Crippen LogP contribution is -2.38. The molecule has 0 aromatic carbocycles. The third-order valence-corrected chi connectivity index (χ3v) is 2.86. The number of halogens is 1. The van der Waals surface area contributed by atoms with Crippen molar-refractivity contribution in [1.29, 1.82) is 0 Å². The van der Waals surface area contributed by atoms with E-state index in [0.717, 1.165) is 12.8 Å². The molecule has 92 valence electrons. The Kier molecular flexibility index (Phi) is 3.33. The van der Waals surface area contributed by atoms with Gasteiger partial charge in [0.25, 0.3) is 0 Å². The largest absolute Gasteiger partial charge is 0.382 e. The third kappa shape index (κ3) is 2.97. The Morgan fingerprint density at radius 3 is 2.94 bits per heavy atom. The van der Waals surface area contributed by atoms with Gasteiger partial charge in [-0.25, -0.2) is 9.97 Å². The van der Waals surface area contributed by atoms with Crippen molar-refractivity contribution in [1.82, 2.24) is 15.3 Å². The number of carbonyl (C=O) groups excluding carboxylic acids is 1. The van der Waals surface area contributed by atoms with Gasteiger partial charge in [-0.3, -0.25) is 4.79 Å². The van der Waals surface area contributed by atoms with E-state index >= 15 is 0 Å². The highest BCUT2D eigenvalue weighted by Gasteiger charge is 2.26.